The van der Waals surface area contributed by atoms with Crippen LogP contribution in [0.3, 0.4) is 0 Å². The van der Waals surface area contributed by atoms with E-state index in [-0.39, 0.29) is 0 Å². The van der Waals surface area contributed by atoms with E-state index >= 15 is 0 Å². The largest absolute Gasteiger partial charge is 0.355 e. The van der Waals surface area contributed by atoms with E-state index in [1.807, 2.05) is 54.6 Å². The highest BCUT2D eigenvalue weighted by Crippen LogP contribution is 2.44. The van der Waals surface area contributed by atoms with Crippen molar-refractivity contribution in [3.8, 4) is 6.07 Å². The number of piperidine rings is 1. The first-order valence-electron chi connectivity index (χ1n) is 11.6. The molecule has 0 amide bonds. The SMILES string of the molecule is C=C(Nc1ccccc1)c1csc2c1N=C(N1CCCCC1)N(Cc1ccccc1C#N)C2=C. The van der Waals surface area contributed by atoms with Gasteiger partial charge in [0.05, 0.1) is 34.4 Å². The Morgan fingerprint density at radius 2 is 1.79 bits per heavy atom. The fourth-order valence-corrected chi connectivity index (χ4v) is 5.49. The van der Waals surface area contributed by atoms with Crippen LogP contribution < -0.4 is 5.32 Å². The van der Waals surface area contributed by atoms with Crippen molar-refractivity contribution in [2.75, 3.05) is 18.4 Å². The number of para-hydroxylation sites is 1. The van der Waals surface area contributed by atoms with Gasteiger partial charge >= 0.3 is 0 Å². The van der Waals surface area contributed by atoms with Gasteiger partial charge in [0.2, 0.25) is 5.96 Å². The van der Waals surface area contributed by atoms with Crippen LogP contribution in [0.2, 0.25) is 0 Å². The molecule has 5 rings (SSSR count). The van der Waals surface area contributed by atoms with E-state index in [4.69, 9.17) is 4.99 Å². The first kappa shape index (κ1) is 22.0. The molecule has 6 heteroatoms. The van der Waals surface area contributed by atoms with E-state index < -0.39 is 0 Å². The number of anilines is 1. The van der Waals surface area contributed by atoms with Crippen LogP contribution in [0.5, 0.6) is 0 Å². The molecule has 170 valence electrons. The molecular weight excluding hydrogens is 438 g/mol. The highest BCUT2D eigenvalue weighted by Gasteiger charge is 2.32. The van der Waals surface area contributed by atoms with E-state index in [0.29, 0.717) is 12.1 Å². The molecule has 1 aromatic heterocycles. The molecule has 0 unspecified atom stereocenters. The van der Waals surface area contributed by atoms with Crippen LogP contribution in [0.1, 0.15) is 40.8 Å². The lowest BCUT2D eigenvalue weighted by Gasteiger charge is -2.39. The predicted molar refractivity (Wildman–Crippen MR) is 142 cm³/mol. The second kappa shape index (κ2) is 9.58. The van der Waals surface area contributed by atoms with E-state index in [0.717, 1.165) is 70.7 Å². The number of nitrogens with one attached hydrogen (secondary N) is 1. The number of hydrogen-bond acceptors (Lipinski definition) is 6. The third-order valence-electron chi connectivity index (χ3n) is 6.31. The third-order valence-corrected chi connectivity index (χ3v) is 7.32. The monoisotopic (exact) mass is 465 g/mol. The Labute approximate surface area is 205 Å². The van der Waals surface area contributed by atoms with Gasteiger partial charge in [-0.1, -0.05) is 49.6 Å². The molecule has 2 aliphatic heterocycles. The summed E-state index contributed by atoms with van der Waals surface area (Å²) in [5.41, 5.74) is 6.32. The normalized spacial score (nSPS) is 15.4. The number of nitrogens with zero attached hydrogens (tertiary/aromatic N) is 4. The van der Waals surface area contributed by atoms with Crippen LogP contribution in [0.25, 0.3) is 11.4 Å². The number of likely N-dealkylation sites (tertiary alicyclic amines) is 1. The molecular formula is C28H27N5S. The first-order chi connectivity index (χ1) is 16.7. The zero-order chi connectivity index (χ0) is 23.5. The summed E-state index contributed by atoms with van der Waals surface area (Å²) in [4.78, 5) is 10.8. The molecule has 3 aromatic rings. The molecule has 1 fully saturated rings. The molecule has 0 saturated carbocycles. The fraction of sp³-hybridized carbons (Fsp3) is 0.214. The van der Waals surface area contributed by atoms with Gasteiger partial charge in [-0.3, -0.25) is 0 Å². The van der Waals surface area contributed by atoms with Crippen LogP contribution in [0, 0.1) is 11.3 Å². The smallest absolute Gasteiger partial charge is 0.206 e. The van der Waals surface area contributed by atoms with Crippen LogP contribution in [0.4, 0.5) is 11.4 Å². The van der Waals surface area contributed by atoms with E-state index in [9.17, 15) is 5.26 Å². The molecule has 0 aliphatic carbocycles. The number of thiophene rings is 1. The molecule has 0 spiro atoms. The topological polar surface area (TPSA) is 54.7 Å². The summed E-state index contributed by atoms with van der Waals surface area (Å²) >= 11 is 1.64. The Morgan fingerprint density at radius 3 is 2.56 bits per heavy atom. The van der Waals surface area contributed by atoms with Gasteiger partial charge in [-0.15, -0.1) is 11.3 Å². The Morgan fingerprint density at radius 1 is 1.06 bits per heavy atom. The number of nitriles is 1. The third kappa shape index (κ3) is 4.23. The van der Waals surface area contributed by atoms with Gasteiger partial charge in [0.1, 0.15) is 0 Å². The number of fused-ring (bicyclic) bond motifs is 1. The second-order valence-corrected chi connectivity index (χ2v) is 9.44. The molecule has 3 heterocycles. The summed E-state index contributed by atoms with van der Waals surface area (Å²) in [6.07, 6.45) is 3.55. The Bertz CT molecular complexity index is 1290. The number of hydrogen-bond donors (Lipinski definition) is 1. The average molecular weight is 466 g/mol. The summed E-state index contributed by atoms with van der Waals surface area (Å²) in [5, 5.41) is 15.2. The van der Waals surface area contributed by atoms with E-state index in [1.54, 1.807) is 11.3 Å². The molecule has 34 heavy (non-hydrogen) atoms. The molecule has 2 aliphatic rings. The molecule has 1 N–H and O–H groups in total. The van der Waals surface area contributed by atoms with Crippen molar-refractivity contribution < 1.29 is 0 Å². The number of rotatable bonds is 5. The maximum absolute atomic E-state index is 9.63. The summed E-state index contributed by atoms with van der Waals surface area (Å²) in [6, 6.07) is 20.2. The maximum Gasteiger partial charge on any atom is 0.206 e. The summed E-state index contributed by atoms with van der Waals surface area (Å²) in [6.45, 7) is 11.3. The van der Waals surface area contributed by atoms with Gasteiger partial charge in [0.15, 0.2) is 0 Å². The quantitative estimate of drug-likeness (QED) is 0.458. The molecule has 0 radical (unpaired) electrons. The minimum absolute atomic E-state index is 0.563. The lowest BCUT2D eigenvalue weighted by molar-refractivity contribution is 0.306. The zero-order valence-electron chi connectivity index (χ0n) is 19.1. The summed E-state index contributed by atoms with van der Waals surface area (Å²) < 4.78 is 0. The van der Waals surface area contributed by atoms with Crippen molar-refractivity contribution in [1.82, 2.24) is 9.80 Å². The van der Waals surface area contributed by atoms with Crippen LogP contribution in [-0.2, 0) is 6.54 Å². The van der Waals surface area contributed by atoms with Crippen molar-refractivity contribution in [3.63, 3.8) is 0 Å². The van der Waals surface area contributed by atoms with Crippen LogP contribution in [0.15, 0.2) is 78.1 Å². The van der Waals surface area contributed by atoms with E-state index in [1.165, 1.54) is 6.42 Å². The number of benzene rings is 2. The van der Waals surface area contributed by atoms with Gasteiger partial charge in [-0.25, -0.2) is 4.99 Å². The highest BCUT2D eigenvalue weighted by atomic mass is 32.1. The minimum atomic E-state index is 0.563. The average Bonchev–Trinajstić information content (AvgIpc) is 3.31. The lowest BCUT2D eigenvalue weighted by atomic mass is 10.1. The van der Waals surface area contributed by atoms with Gasteiger partial charge in [0.25, 0.3) is 0 Å². The van der Waals surface area contributed by atoms with Crippen LogP contribution >= 0.6 is 11.3 Å². The Kier molecular flexibility index (Phi) is 6.20. The molecule has 5 nitrogen and oxygen atoms in total. The summed E-state index contributed by atoms with van der Waals surface area (Å²) in [5.74, 6) is 0.914. The van der Waals surface area contributed by atoms with Crippen molar-refractivity contribution in [2.45, 2.75) is 25.8 Å². The zero-order valence-corrected chi connectivity index (χ0v) is 19.9. The van der Waals surface area contributed by atoms with Crippen molar-refractivity contribution >= 4 is 40.1 Å². The minimum Gasteiger partial charge on any atom is -0.355 e. The molecule has 0 atom stereocenters. The highest BCUT2D eigenvalue weighted by molar-refractivity contribution is 7.12. The maximum atomic E-state index is 9.63. The fourth-order valence-electron chi connectivity index (χ4n) is 4.49. The van der Waals surface area contributed by atoms with Crippen LogP contribution in [-0.4, -0.2) is 28.8 Å². The molecule has 1 saturated heterocycles. The van der Waals surface area contributed by atoms with Gasteiger partial charge in [-0.05, 0) is 43.0 Å². The second-order valence-electron chi connectivity index (χ2n) is 8.56. The number of guanidine groups is 1. The van der Waals surface area contributed by atoms with Gasteiger partial charge < -0.3 is 15.1 Å². The Hall–Kier alpha value is -3.82. The first-order valence-corrected chi connectivity index (χ1v) is 12.4. The predicted octanol–water partition coefficient (Wildman–Crippen LogP) is 6.66. The standard InChI is InChI=1S/C28H27N5S/c1-20(30-24-13-5-3-6-14-24)25-19-34-27-21(2)33(18-23-12-8-7-11-22(23)17-29)28(31-26(25)27)32-15-9-4-10-16-32/h3,5-8,11-14,19,30H,1-2,4,9-10,15-16,18H2. The number of aliphatic imine (C=N–C) groups is 1. The molecule has 2 aromatic carbocycles. The van der Waals surface area contributed by atoms with E-state index in [2.05, 4.69) is 39.7 Å². The summed E-state index contributed by atoms with van der Waals surface area (Å²) in [7, 11) is 0. The Balaban J connectivity index is 1.52. The van der Waals surface area contributed by atoms with Crippen molar-refractivity contribution in [2.24, 2.45) is 4.99 Å². The molecule has 0 bridgehead atoms. The lowest BCUT2D eigenvalue weighted by Crippen LogP contribution is -2.46. The van der Waals surface area contributed by atoms with Gasteiger partial charge in [-0.2, -0.15) is 5.26 Å². The van der Waals surface area contributed by atoms with Crippen molar-refractivity contribution in [3.05, 3.63) is 94.7 Å². The van der Waals surface area contributed by atoms with Crippen molar-refractivity contribution in [1.29, 1.82) is 5.26 Å². The van der Waals surface area contributed by atoms with Gasteiger partial charge in [0, 0.05) is 35.4 Å².